The van der Waals surface area contributed by atoms with Crippen LogP contribution in [0.25, 0.3) is 0 Å². The molecule has 2 rings (SSSR count). The number of carbonyl (C=O) groups excluding carboxylic acids is 1. The van der Waals surface area contributed by atoms with E-state index in [4.69, 9.17) is 5.11 Å². The summed E-state index contributed by atoms with van der Waals surface area (Å²) in [4.78, 5) is 12.2. The average molecular weight is 246 g/mol. The van der Waals surface area contributed by atoms with Crippen molar-refractivity contribution in [2.75, 3.05) is 6.61 Å². The number of aliphatic hydroxyl groups is 2. The van der Waals surface area contributed by atoms with Gasteiger partial charge in [0.25, 0.3) is 0 Å². The van der Waals surface area contributed by atoms with Crippen LogP contribution in [0.2, 0.25) is 0 Å². The van der Waals surface area contributed by atoms with Crippen LogP contribution in [0.5, 0.6) is 0 Å². The van der Waals surface area contributed by atoms with E-state index in [2.05, 4.69) is 11.8 Å². The summed E-state index contributed by atoms with van der Waals surface area (Å²) in [7, 11) is 0. The quantitative estimate of drug-likeness (QED) is 0.542. The van der Waals surface area contributed by atoms with Crippen LogP contribution < -0.4 is 0 Å². The van der Waals surface area contributed by atoms with Gasteiger partial charge < -0.3 is 10.2 Å². The minimum absolute atomic E-state index is 0.0137. The highest BCUT2D eigenvalue weighted by atomic mass is 16.3. The summed E-state index contributed by atoms with van der Waals surface area (Å²) in [5.74, 6) is 5.24. The van der Waals surface area contributed by atoms with Crippen LogP contribution in [0.1, 0.15) is 33.1 Å². The fraction of sp³-hybridized carbons (Fsp3) is 0.533. The van der Waals surface area contributed by atoms with E-state index in [1.807, 2.05) is 13.0 Å². The van der Waals surface area contributed by atoms with Crippen LogP contribution in [-0.2, 0) is 4.79 Å². The fourth-order valence-corrected chi connectivity index (χ4v) is 2.69. The summed E-state index contributed by atoms with van der Waals surface area (Å²) in [6.45, 7) is 3.58. The van der Waals surface area contributed by atoms with Gasteiger partial charge in [0.05, 0.1) is 6.61 Å². The Morgan fingerprint density at radius 1 is 1.50 bits per heavy atom. The van der Waals surface area contributed by atoms with Gasteiger partial charge in [0.15, 0.2) is 5.78 Å². The van der Waals surface area contributed by atoms with Crippen molar-refractivity contribution in [3.63, 3.8) is 0 Å². The Bertz CT molecular complexity index is 494. The number of Topliss-reactive ketones (excluding diaryl/α,β-unsaturated/α-hetero) is 1. The molecule has 2 aliphatic rings. The van der Waals surface area contributed by atoms with Gasteiger partial charge in [-0.15, -0.1) is 0 Å². The van der Waals surface area contributed by atoms with Gasteiger partial charge >= 0.3 is 0 Å². The van der Waals surface area contributed by atoms with E-state index in [1.165, 1.54) is 6.08 Å². The highest BCUT2D eigenvalue weighted by Gasteiger charge is 2.62. The molecule has 2 N–H and O–H groups in total. The monoisotopic (exact) mass is 246 g/mol. The maximum Gasteiger partial charge on any atom is 0.195 e. The predicted molar refractivity (Wildman–Crippen MR) is 68.6 cm³/mol. The van der Waals surface area contributed by atoms with Crippen molar-refractivity contribution in [2.24, 2.45) is 5.41 Å². The van der Waals surface area contributed by atoms with Gasteiger partial charge in [-0.2, -0.15) is 0 Å². The van der Waals surface area contributed by atoms with Crippen molar-refractivity contribution in [1.82, 2.24) is 0 Å². The first-order valence-electron chi connectivity index (χ1n) is 6.21. The molecule has 1 fully saturated rings. The zero-order valence-corrected chi connectivity index (χ0v) is 10.8. The summed E-state index contributed by atoms with van der Waals surface area (Å²) in [6, 6.07) is 0. The van der Waals surface area contributed by atoms with Gasteiger partial charge in [0.1, 0.15) is 5.60 Å². The van der Waals surface area contributed by atoms with E-state index in [9.17, 15) is 9.90 Å². The Morgan fingerprint density at radius 2 is 2.17 bits per heavy atom. The predicted octanol–water partition coefficient (Wildman–Crippen LogP) is 1.36. The second kappa shape index (κ2) is 4.38. The lowest BCUT2D eigenvalue weighted by Gasteiger charge is -2.36. The van der Waals surface area contributed by atoms with Gasteiger partial charge in [-0.05, 0) is 32.8 Å². The maximum atomic E-state index is 12.2. The molecule has 1 saturated carbocycles. The molecule has 0 amide bonds. The zero-order chi connectivity index (χ0) is 13.4. The van der Waals surface area contributed by atoms with Gasteiger partial charge in [0, 0.05) is 17.4 Å². The van der Waals surface area contributed by atoms with Crippen LogP contribution in [0.3, 0.4) is 0 Å². The van der Waals surface area contributed by atoms with Crippen molar-refractivity contribution < 1.29 is 15.0 Å². The number of allylic oxidation sites excluding steroid dienone is 2. The van der Waals surface area contributed by atoms with Crippen molar-refractivity contribution in [3.8, 4) is 11.8 Å². The van der Waals surface area contributed by atoms with Crippen molar-refractivity contribution in [1.29, 1.82) is 0 Å². The first-order valence-corrected chi connectivity index (χ1v) is 6.21. The summed E-state index contributed by atoms with van der Waals surface area (Å²) in [6.07, 6.45) is 5.50. The smallest absolute Gasteiger partial charge is 0.195 e. The average Bonchev–Trinajstić information content (AvgIpc) is 3.12. The molecular weight excluding hydrogens is 228 g/mol. The van der Waals surface area contributed by atoms with Crippen molar-refractivity contribution in [2.45, 2.75) is 38.7 Å². The number of carbonyl (C=O) groups is 1. The molecule has 0 aliphatic heterocycles. The third kappa shape index (κ3) is 1.82. The topological polar surface area (TPSA) is 57.5 Å². The van der Waals surface area contributed by atoms with Crippen LogP contribution >= 0.6 is 0 Å². The molecule has 96 valence electrons. The standard InChI is InChI=1S/C15H18O3/c1-11-10-12(6-4-3-5-9-16)13(17)14(2,18)15(11)7-8-15/h6,10,16,18H,5,7-9H2,1-2H3/b12-6+. The van der Waals surface area contributed by atoms with Crippen LogP contribution in [0, 0.1) is 17.3 Å². The summed E-state index contributed by atoms with van der Waals surface area (Å²) >= 11 is 0. The maximum absolute atomic E-state index is 12.2. The van der Waals surface area contributed by atoms with E-state index >= 15 is 0 Å². The van der Waals surface area contributed by atoms with Crippen LogP contribution in [0.4, 0.5) is 0 Å². The Labute approximate surface area is 107 Å². The molecular formula is C15H18O3. The SMILES string of the molecule is CC1=C/C(=C\C#CCCO)C(=O)C(C)(O)C12CC2. The van der Waals surface area contributed by atoms with Crippen molar-refractivity contribution >= 4 is 5.78 Å². The minimum atomic E-state index is -1.31. The van der Waals surface area contributed by atoms with Crippen LogP contribution in [-0.4, -0.2) is 28.2 Å². The molecule has 0 heterocycles. The summed E-state index contributed by atoms with van der Waals surface area (Å²) < 4.78 is 0. The number of aliphatic hydroxyl groups excluding tert-OH is 1. The normalized spacial score (nSPS) is 31.0. The minimum Gasteiger partial charge on any atom is -0.395 e. The lowest BCUT2D eigenvalue weighted by Crippen LogP contribution is -2.48. The molecule has 3 heteroatoms. The van der Waals surface area contributed by atoms with Gasteiger partial charge in [-0.3, -0.25) is 4.79 Å². The first-order chi connectivity index (χ1) is 8.45. The van der Waals surface area contributed by atoms with E-state index in [-0.39, 0.29) is 17.8 Å². The fourth-order valence-electron chi connectivity index (χ4n) is 2.69. The molecule has 18 heavy (non-hydrogen) atoms. The zero-order valence-electron chi connectivity index (χ0n) is 10.8. The molecule has 2 aliphatic carbocycles. The lowest BCUT2D eigenvalue weighted by atomic mass is 9.70. The van der Waals surface area contributed by atoms with Gasteiger partial charge in [-0.25, -0.2) is 0 Å². The first kappa shape index (κ1) is 13.1. The number of rotatable bonds is 1. The Hall–Kier alpha value is -1.37. The molecule has 0 aromatic rings. The second-order valence-electron chi connectivity index (χ2n) is 5.21. The van der Waals surface area contributed by atoms with Crippen LogP contribution in [0.15, 0.2) is 23.3 Å². The largest absolute Gasteiger partial charge is 0.395 e. The molecule has 0 radical (unpaired) electrons. The number of hydrogen-bond donors (Lipinski definition) is 2. The number of ketones is 1. The Kier molecular flexibility index (Phi) is 3.18. The highest BCUT2D eigenvalue weighted by molar-refractivity contribution is 6.07. The second-order valence-corrected chi connectivity index (χ2v) is 5.21. The lowest BCUT2D eigenvalue weighted by molar-refractivity contribution is -0.137. The Morgan fingerprint density at radius 3 is 2.72 bits per heavy atom. The third-order valence-electron chi connectivity index (χ3n) is 4.08. The molecule has 1 atom stereocenters. The molecule has 1 spiro atoms. The molecule has 3 nitrogen and oxygen atoms in total. The molecule has 0 aromatic heterocycles. The van der Waals surface area contributed by atoms with E-state index in [0.717, 1.165) is 18.4 Å². The van der Waals surface area contributed by atoms with E-state index in [0.29, 0.717) is 12.0 Å². The Balaban J connectivity index is 2.33. The van der Waals surface area contributed by atoms with Crippen molar-refractivity contribution in [3.05, 3.63) is 23.3 Å². The third-order valence-corrected chi connectivity index (χ3v) is 4.08. The van der Waals surface area contributed by atoms with Gasteiger partial charge in [-0.1, -0.05) is 23.5 Å². The van der Waals surface area contributed by atoms with E-state index in [1.54, 1.807) is 6.92 Å². The molecule has 1 unspecified atom stereocenters. The van der Waals surface area contributed by atoms with Gasteiger partial charge in [0.2, 0.25) is 0 Å². The van der Waals surface area contributed by atoms with E-state index < -0.39 is 5.60 Å². The summed E-state index contributed by atoms with van der Waals surface area (Å²) in [5, 5.41) is 19.1. The molecule has 0 saturated heterocycles. The summed E-state index contributed by atoms with van der Waals surface area (Å²) in [5.41, 5.74) is -0.126. The molecule has 0 aromatic carbocycles. The molecule has 0 bridgehead atoms. The highest BCUT2D eigenvalue weighted by Crippen LogP contribution is 2.61. The number of hydrogen-bond acceptors (Lipinski definition) is 3.